The molecule has 2 aromatic rings. The maximum atomic E-state index is 13.9. The van der Waals surface area contributed by atoms with Gasteiger partial charge in [0, 0.05) is 48.1 Å². The van der Waals surface area contributed by atoms with Gasteiger partial charge in [0.25, 0.3) is 11.8 Å². The lowest BCUT2D eigenvalue weighted by molar-refractivity contribution is -0.128. The van der Waals surface area contributed by atoms with Gasteiger partial charge in [0.2, 0.25) is 5.91 Å². The van der Waals surface area contributed by atoms with Crippen molar-refractivity contribution >= 4 is 29.3 Å². The van der Waals surface area contributed by atoms with Crippen molar-refractivity contribution in [2.75, 3.05) is 19.7 Å². The fourth-order valence-corrected chi connectivity index (χ4v) is 5.00. The van der Waals surface area contributed by atoms with E-state index in [4.69, 9.17) is 16.3 Å². The first-order chi connectivity index (χ1) is 16.8. The SMILES string of the molecule is CC[C@@H](C)NC(=O)[C@@H]1COC2(CCN(C(=O)c3cccc(Cl)c3)CC2)N1C(=O)c1ccccc1C. The highest BCUT2D eigenvalue weighted by Crippen LogP contribution is 2.39. The van der Waals surface area contributed by atoms with Gasteiger partial charge in [0.15, 0.2) is 0 Å². The van der Waals surface area contributed by atoms with E-state index in [0.717, 1.165) is 12.0 Å². The van der Waals surface area contributed by atoms with Gasteiger partial charge in [0.1, 0.15) is 11.8 Å². The van der Waals surface area contributed by atoms with E-state index in [1.807, 2.05) is 39.0 Å². The number of nitrogens with zero attached hydrogens (tertiary/aromatic N) is 2. The molecular formula is C27H32ClN3O4. The second kappa shape index (κ2) is 10.4. The van der Waals surface area contributed by atoms with Crippen LogP contribution in [0.2, 0.25) is 5.02 Å². The van der Waals surface area contributed by atoms with E-state index in [2.05, 4.69) is 5.32 Å². The molecule has 2 fully saturated rings. The summed E-state index contributed by atoms with van der Waals surface area (Å²) in [5.74, 6) is -0.543. The number of halogens is 1. The summed E-state index contributed by atoms with van der Waals surface area (Å²) in [4.78, 5) is 43.5. The second-order valence-corrected chi connectivity index (χ2v) is 9.82. The van der Waals surface area contributed by atoms with E-state index in [1.54, 1.807) is 40.1 Å². The molecule has 0 saturated carbocycles. The van der Waals surface area contributed by atoms with Crippen molar-refractivity contribution in [1.29, 1.82) is 0 Å². The van der Waals surface area contributed by atoms with Crippen molar-refractivity contribution in [3.05, 3.63) is 70.2 Å². The van der Waals surface area contributed by atoms with Crippen LogP contribution in [-0.2, 0) is 9.53 Å². The zero-order chi connectivity index (χ0) is 25.2. The van der Waals surface area contributed by atoms with Crippen LogP contribution in [-0.4, -0.2) is 65.0 Å². The third-order valence-corrected chi connectivity index (χ3v) is 7.30. The molecule has 1 N–H and O–H groups in total. The van der Waals surface area contributed by atoms with E-state index < -0.39 is 11.8 Å². The van der Waals surface area contributed by atoms with Crippen LogP contribution in [0.3, 0.4) is 0 Å². The van der Waals surface area contributed by atoms with E-state index in [9.17, 15) is 14.4 Å². The molecule has 2 saturated heterocycles. The summed E-state index contributed by atoms with van der Waals surface area (Å²) in [6, 6.07) is 13.5. The maximum Gasteiger partial charge on any atom is 0.257 e. The molecule has 186 valence electrons. The Morgan fingerprint density at radius 3 is 2.49 bits per heavy atom. The summed E-state index contributed by atoms with van der Waals surface area (Å²) in [5, 5.41) is 3.52. The summed E-state index contributed by atoms with van der Waals surface area (Å²) in [6.45, 7) is 6.77. The summed E-state index contributed by atoms with van der Waals surface area (Å²) in [5.41, 5.74) is 0.979. The minimum atomic E-state index is -0.943. The fraction of sp³-hybridized carbons (Fsp3) is 0.444. The molecule has 8 heteroatoms. The number of carbonyl (C=O) groups excluding carboxylic acids is 3. The number of nitrogens with one attached hydrogen (secondary N) is 1. The molecule has 2 aliphatic rings. The monoisotopic (exact) mass is 497 g/mol. The molecule has 35 heavy (non-hydrogen) atoms. The predicted molar refractivity (Wildman–Crippen MR) is 134 cm³/mol. The molecule has 2 aromatic carbocycles. The molecular weight excluding hydrogens is 466 g/mol. The van der Waals surface area contributed by atoms with Crippen molar-refractivity contribution in [3.8, 4) is 0 Å². The molecule has 1 spiro atoms. The van der Waals surface area contributed by atoms with Crippen LogP contribution in [0.25, 0.3) is 0 Å². The highest BCUT2D eigenvalue weighted by Gasteiger charge is 2.54. The van der Waals surface area contributed by atoms with Gasteiger partial charge in [-0.2, -0.15) is 0 Å². The van der Waals surface area contributed by atoms with E-state index in [1.165, 1.54) is 0 Å². The lowest BCUT2D eigenvalue weighted by atomic mass is 9.95. The van der Waals surface area contributed by atoms with Crippen LogP contribution in [0.15, 0.2) is 48.5 Å². The topological polar surface area (TPSA) is 79.0 Å². The molecule has 2 atom stereocenters. The van der Waals surface area contributed by atoms with Gasteiger partial charge < -0.3 is 15.0 Å². The maximum absolute atomic E-state index is 13.9. The number of carbonyl (C=O) groups is 3. The number of hydrogen-bond acceptors (Lipinski definition) is 4. The molecule has 0 bridgehead atoms. The van der Waals surface area contributed by atoms with Crippen LogP contribution >= 0.6 is 11.6 Å². The Balaban J connectivity index is 1.59. The van der Waals surface area contributed by atoms with Crippen LogP contribution in [0.4, 0.5) is 0 Å². The molecule has 7 nitrogen and oxygen atoms in total. The Morgan fingerprint density at radius 1 is 1.11 bits per heavy atom. The quantitative estimate of drug-likeness (QED) is 0.676. The smallest absolute Gasteiger partial charge is 0.257 e. The number of hydrogen-bond donors (Lipinski definition) is 1. The first kappa shape index (κ1) is 25.2. The Morgan fingerprint density at radius 2 is 1.83 bits per heavy atom. The first-order valence-electron chi connectivity index (χ1n) is 12.1. The number of piperidine rings is 1. The minimum Gasteiger partial charge on any atom is -0.353 e. The number of rotatable bonds is 5. The largest absolute Gasteiger partial charge is 0.353 e. The Kier molecular flexibility index (Phi) is 7.47. The predicted octanol–water partition coefficient (Wildman–Crippen LogP) is 4.04. The fourth-order valence-electron chi connectivity index (χ4n) is 4.81. The lowest BCUT2D eigenvalue weighted by Gasteiger charge is -2.44. The highest BCUT2D eigenvalue weighted by molar-refractivity contribution is 6.30. The van der Waals surface area contributed by atoms with Crippen molar-refractivity contribution in [1.82, 2.24) is 15.1 Å². The van der Waals surface area contributed by atoms with Gasteiger partial charge in [-0.05, 0) is 50.1 Å². The van der Waals surface area contributed by atoms with Gasteiger partial charge in [-0.1, -0.05) is 42.8 Å². The molecule has 0 aromatic heterocycles. The number of benzene rings is 2. The van der Waals surface area contributed by atoms with E-state index in [0.29, 0.717) is 42.1 Å². The standard InChI is InChI=1S/C27H32ClN3O4/c1-4-19(3)29-24(32)23-17-35-27(31(23)26(34)22-11-6-5-8-18(22)2)12-14-30(15-13-27)25(33)20-9-7-10-21(28)16-20/h5-11,16,19,23H,4,12-15,17H2,1-3H3,(H,29,32)/t19-,23+/m1/s1. The van der Waals surface area contributed by atoms with Crippen LogP contribution < -0.4 is 5.32 Å². The summed E-state index contributed by atoms with van der Waals surface area (Å²) >= 11 is 6.07. The van der Waals surface area contributed by atoms with E-state index >= 15 is 0 Å². The van der Waals surface area contributed by atoms with E-state index in [-0.39, 0.29) is 30.4 Å². The Bertz CT molecular complexity index is 1110. The van der Waals surface area contributed by atoms with Gasteiger partial charge in [-0.15, -0.1) is 0 Å². The number of ether oxygens (including phenoxy) is 1. The molecule has 0 aliphatic carbocycles. The van der Waals surface area contributed by atoms with Crippen molar-refractivity contribution < 1.29 is 19.1 Å². The Hall–Kier alpha value is -2.90. The lowest BCUT2D eigenvalue weighted by Crippen LogP contribution is -2.60. The summed E-state index contributed by atoms with van der Waals surface area (Å²) in [7, 11) is 0. The van der Waals surface area contributed by atoms with Gasteiger partial charge in [-0.3, -0.25) is 19.3 Å². The Labute approximate surface area is 211 Å². The van der Waals surface area contributed by atoms with Gasteiger partial charge >= 0.3 is 0 Å². The number of likely N-dealkylation sites (tertiary alicyclic amines) is 1. The summed E-state index contributed by atoms with van der Waals surface area (Å²) < 4.78 is 6.26. The van der Waals surface area contributed by atoms with Crippen LogP contribution in [0.1, 0.15) is 59.4 Å². The average Bonchev–Trinajstić information content (AvgIpc) is 3.22. The van der Waals surface area contributed by atoms with Crippen LogP contribution in [0.5, 0.6) is 0 Å². The van der Waals surface area contributed by atoms with Crippen LogP contribution in [0, 0.1) is 6.92 Å². The first-order valence-corrected chi connectivity index (χ1v) is 12.5. The van der Waals surface area contributed by atoms with Crippen molar-refractivity contribution in [2.45, 2.75) is 57.8 Å². The molecule has 0 radical (unpaired) electrons. The zero-order valence-electron chi connectivity index (χ0n) is 20.4. The number of amides is 3. The molecule has 2 heterocycles. The highest BCUT2D eigenvalue weighted by atomic mass is 35.5. The molecule has 3 amide bonds. The summed E-state index contributed by atoms with van der Waals surface area (Å²) in [6.07, 6.45) is 1.63. The average molecular weight is 498 g/mol. The van der Waals surface area contributed by atoms with Crippen molar-refractivity contribution in [3.63, 3.8) is 0 Å². The van der Waals surface area contributed by atoms with Gasteiger partial charge in [0.05, 0.1) is 6.61 Å². The minimum absolute atomic E-state index is 0.00775. The third kappa shape index (κ3) is 5.07. The molecule has 4 rings (SSSR count). The number of aryl methyl sites for hydroxylation is 1. The molecule has 0 unspecified atom stereocenters. The second-order valence-electron chi connectivity index (χ2n) is 9.38. The molecule has 2 aliphatic heterocycles. The normalized spacial score (nSPS) is 20.1. The zero-order valence-corrected chi connectivity index (χ0v) is 21.2. The van der Waals surface area contributed by atoms with Crippen molar-refractivity contribution in [2.24, 2.45) is 0 Å². The van der Waals surface area contributed by atoms with Gasteiger partial charge in [-0.25, -0.2) is 0 Å². The third-order valence-electron chi connectivity index (χ3n) is 7.06.